The van der Waals surface area contributed by atoms with Gasteiger partial charge in [-0.05, 0) is 30.3 Å². The van der Waals surface area contributed by atoms with Gasteiger partial charge in [0.1, 0.15) is 0 Å². The van der Waals surface area contributed by atoms with Crippen molar-refractivity contribution in [2.75, 3.05) is 23.0 Å². The number of carbonyl (C=O) groups is 2. The van der Waals surface area contributed by atoms with E-state index < -0.39 is 0 Å². The molecular formula is C16H17N3O2. The van der Waals surface area contributed by atoms with E-state index in [1.807, 2.05) is 18.2 Å². The maximum Gasteiger partial charge on any atom is 0.257 e. The van der Waals surface area contributed by atoms with Crippen molar-refractivity contribution in [1.82, 2.24) is 0 Å². The van der Waals surface area contributed by atoms with E-state index in [2.05, 4.69) is 16.0 Å². The molecule has 3 N–H and O–H groups in total. The minimum Gasteiger partial charge on any atom is -0.387 e. The lowest BCUT2D eigenvalue weighted by atomic mass is 10.1. The molecule has 0 bridgehead atoms. The Morgan fingerprint density at radius 3 is 2.24 bits per heavy atom. The summed E-state index contributed by atoms with van der Waals surface area (Å²) in [6, 6.07) is 14.3. The second-order valence-corrected chi connectivity index (χ2v) is 4.51. The molecule has 0 aliphatic heterocycles. The third-order valence-electron chi connectivity index (χ3n) is 2.88. The second-order valence-electron chi connectivity index (χ2n) is 4.51. The van der Waals surface area contributed by atoms with E-state index in [9.17, 15) is 9.59 Å². The van der Waals surface area contributed by atoms with Crippen molar-refractivity contribution in [3.05, 3.63) is 54.1 Å². The SMILES string of the molecule is CNc1ccccc1C(=O)Nc1cccc(NC(C)=O)c1. The number of nitrogens with one attached hydrogen (secondary N) is 3. The Morgan fingerprint density at radius 2 is 1.57 bits per heavy atom. The molecule has 0 aromatic heterocycles. The Labute approximate surface area is 123 Å². The Balaban J connectivity index is 2.17. The highest BCUT2D eigenvalue weighted by Crippen LogP contribution is 2.19. The number of rotatable bonds is 4. The lowest BCUT2D eigenvalue weighted by molar-refractivity contribution is -0.114. The predicted octanol–water partition coefficient (Wildman–Crippen LogP) is 2.94. The molecule has 2 rings (SSSR count). The topological polar surface area (TPSA) is 70.2 Å². The van der Waals surface area contributed by atoms with Gasteiger partial charge in [-0.15, -0.1) is 0 Å². The first-order valence-electron chi connectivity index (χ1n) is 6.56. The van der Waals surface area contributed by atoms with Crippen LogP contribution in [0.3, 0.4) is 0 Å². The van der Waals surface area contributed by atoms with Crippen molar-refractivity contribution in [1.29, 1.82) is 0 Å². The van der Waals surface area contributed by atoms with E-state index in [1.54, 1.807) is 37.4 Å². The number of para-hydroxylation sites is 1. The van der Waals surface area contributed by atoms with Gasteiger partial charge in [-0.25, -0.2) is 0 Å². The van der Waals surface area contributed by atoms with E-state index in [0.29, 0.717) is 16.9 Å². The fraction of sp³-hybridized carbons (Fsp3) is 0.125. The molecule has 0 heterocycles. The van der Waals surface area contributed by atoms with Crippen LogP contribution in [0.1, 0.15) is 17.3 Å². The second kappa shape index (κ2) is 6.56. The van der Waals surface area contributed by atoms with Crippen LogP contribution in [-0.4, -0.2) is 18.9 Å². The van der Waals surface area contributed by atoms with E-state index in [4.69, 9.17) is 0 Å². The van der Waals surface area contributed by atoms with Crippen molar-refractivity contribution in [3.8, 4) is 0 Å². The zero-order valence-corrected chi connectivity index (χ0v) is 11.9. The minimum atomic E-state index is -0.208. The van der Waals surface area contributed by atoms with Gasteiger partial charge >= 0.3 is 0 Å². The summed E-state index contributed by atoms with van der Waals surface area (Å²) in [5, 5.41) is 8.48. The molecule has 5 heteroatoms. The van der Waals surface area contributed by atoms with Crippen LogP contribution in [-0.2, 0) is 4.79 Å². The summed E-state index contributed by atoms with van der Waals surface area (Å²) in [6.45, 7) is 1.44. The Hall–Kier alpha value is -2.82. The van der Waals surface area contributed by atoms with Gasteiger partial charge in [0.05, 0.1) is 5.56 Å². The van der Waals surface area contributed by atoms with Crippen LogP contribution >= 0.6 is 0 Å². The Bertz CT molecular complexity index is 668. The number of hydrogen-bond acceptors (Lipinski definition) is 3. The van der Waals surface area contributed by atoms with Crippen LogP contribution in [0.25, 0.3) is 0 Å². The molecule has 0 aliphatic carbocycles. The molecule has 0 aliphatic rings. The van der Waals surface area contributed by atoms with Gasteiger partial charge < -0.3 is 16.0 Å². The van der Waals surface area contributed by atoms with Crippen LogP contribution in [0.5, 0.6) is 0 Å². The summed E-state index contributed by atoms with van der Waals surface area (Å²) in [7, 11) is 1.77. The quantitative estimate of drug-likeness (QED) is 0.808. The minimum absolute atomic E-state index is 0.154. The van der Waals surface area contributed by atoms with Crippen molar-refractivity contribution in [2.24, 2.45) is 0 Å². The number of anilines is 3. The van der Waals surface area contributed by atoms with Gasteiger partial charge in [0.2, 0.25) is 5.91 Å². The average molecular weight is 283 g/mol. The first kappa shape index (κ1) is 14.6. The highest BCUT2D eigenvalue weighted by atomic mass is 16.2. The van der Waals surface area contributed by atoms with Crippen LogP contribution in [0.15, 0.2) is 48.5 Å². The van der Waals surface area contributed by atoms with Crippen molar-refractivity contribution < 1.29 is 9.59 Å². The average Bonchev–Trinajstić information content (AvgIpc) is 2.46. The lowest BCUT2D eigenvalue weighted by Gasteiger charge is -2.10. The smallest absolute Gasteiger partial charge is 0.257 e. The normalized spacial score (nSPS) is 9.81. The summed E-state index contributed by atoms with van der Waals surface area (Å²) in [4.78, 5) is 23.3. The monoisotopic (exact) mass is 283 g/mol. The summed E-state index contributed by atoms with van der Waals surface area (Å²) in [6.07, 6.45) is 0. The van der Waals surface area contributed by atoms with Gasteiger partial charge in [-0.3, -0.25) is 9.59 Å². The third-order valence-corrected chi connectivity index (χ3v) is 2.88. The van der Waals surface area contributed by atoms with E-state index in [1.165, 1.54) is 6.92 Å². The van der Waals surface area contributed by atoms with E-state index in [-0.39, 0.29) is 11.8 Å². The van der Waals surface area contributed by atoms with Crippen LogP contribution in [0, 0.1) is 0 Å². The lowest BCUT2D eigenvalue weighted by Crippen LogP contribution is -2.14. The highest BCUT2D eigenvalue weighted by molar-refractivity contribution is 6.08. The zero-order chi connectivity index (χ0) is 15.2. The molecule has 108 valence electrons. The van der Waals surface area contributed by atoms with Crippen LogP contribution < -0.4 is 16.0 Å². The molecule has 0 spiro atoms. The van der Waals surface area contributed by atoms with Crippen molar-refractivity contribution in [3.63, 3.8) is 0 Å². The van der Waals surface area contributed by atoms with Crippen LogP contribution in [0.2, 0.25) is 0 Å². The summed E-state index contributed by atoms with van der Waals surface area (Å²) in [5.41, 5.74) is 2.58. The Morgan fingerprint density at radius 1 is 0.905 bits per heavy atom. The molecule has 0 saturated carbocycles. The fourth-order valence-corrected chi connectivity index (χ4v) is 1.98. The van der Waals surface area contributed by atoms with E-state index >= 15 is 0 Å². The first-order valence-corrected chi connectivity index (χ1v) is 6.56. The molecule has 2 aromatic carbocycles. The number of carbonyl (C=O) groups excluding carboxylic acids is 2. The third kappa shape index (κ3) is 3.82. The summed E-state index contributed by atoms with van der Waals surface area (Å²) in [5.74, 6) is -0.362. The molecule has 0 saturated heterocycles. The van der Waals surface area contributed by atoms with Crippen molar-refractivity contribution >= 4 is 28.9 Å². The standard InChI is InChI=1S/C16H17N3O2/c1-11(20)18-12-6-5-7-13(10-12)19-16(21)14-8-3-4-9-15(14)17-2/h3-10,17H,1-2H3,(H,18,20)(H,19,21). The van der Waals surface area contributed by atoms with Gasteiger partial charge in [0, 0.05) is 31.0 Å². The largest absolute Gasteiger partial charge is 0.387 e. The van der Waals surface area contributed by atoms with Crippen LogP contribution in [0.4, 0.5) is 17.1 Å². The molecule has 0 atom stereocenters. The molecule has 0 unspecified atom stereocenters. The molecule has 2 aromatic rings. The summed E-state index contributed by atoms with van der Waals surface area (Å²) >= 11 is 0. The molecule has 5 nitrogen and oxygen atoms in total. The highest BCUT2D eigenvalue weighted by Gasteiger charge is 2.10. The molecular weight excluding hydrogens is 266 g/mol. The fourth-order valence-electron chi connectivity index (χ4n) is 1.98. The van der Waals surface area contributed by atoms with Gasteiger partial charge in [-0.1, -0.05) is 18.2 Å². The molecule has 21 heavy (non-hydrogen) atoms. The number of benzene rings is 2. The number of amides is 2. The Kier molecular flexibility index (Phi) is 4.56. The molecule has 2 amide bonds. The first-order chi connectivity index (χ1) is 10.1. The van der Waals surface area contributed by atoms with Gasteiger partial charge in [0.25, 0.3) is 5.91 Å². The van der Waals surface area contributed by atoms with Gasteiger partial charge in [0.15, 0.2) is 0 Å². The maximum atomic E-state index is 12.3. The van der Waals surface area contributed by atoms with E-state index in [0.717, 1.165) is 5.69 Å². The predicted molar refractivity (Wildman–Crippen MR) is 84.7 cm³/mol. The number of hydrogen-bond donors (Lipinski definition) is 3. The molecule has 0 radical (unpaired) electrons. The molecule has 0 fully saturated rings. The maximum absolute atomic E-state index is 12.3. The summed E-state index contributed by atoms with van der Waals surface area (Å²) < 4.78 is 0. The van der Waals surface area contributed by atoms with Crippen molar-refractivity contribution in [2.45, 2.75) is 6.92 Å². The zero-order valence-electron chi connectivity index (χ0n) is 11.9. The van der Waals surface area contributed by atoms with Gasteiger partial charge in [-0.2, -0.15) is 0 Å².